The zero-order valence-electron chi connectivity index (χ0n) is 9.16. The van der Waals surface area contributed by atoms with E-state index in [9.17, 15) is 9.18 Å². The highest BCUT2D eigenvalue weighted by Gasteiger charge is 2.28. The molecule has 1 aromatic carbocycles. The Hall–Kier alpha value is -1.42. The second kappa shape index (κ2) is 4.22. The van der Waals surface area contributed by atoms with Gasteiger partial charge in [-0.2, -0.15) is 0 Å². The van der Waals surface area contributed by atoms with Crippen LogP contribution in [0.25, 0.3) is 0 Å². The number of carbonyl (C=O) groups excluding carboxylic acids is 1. The number of benzene rings is 1. The van der Waals surface area contributed by atoms with E-state index in [2.05, 4.69) is 5.32 Å². The smallest absolute Gasteiger partial charge is 0.239 e. The van der Waals surface area contributed by atoms with Crippen LogP contribution < -0.4 is 11.1 Å². The summed E-state index contributed by atoms with van der Waals surface area (Å²) in [6.07, 6.45) is 2.15. The third kappa shape index (κ3) is 2.39. The molecule has 0 aliphatic heterocycles. The van der Waals surface area contributed by atoms with Crippen LogP contribution in [0.3, 0.4) is 0 Å². The SMILES string of the molecule is Cc1cc(C(NC2CC2)C(N)=O)ccc1F. The lowest BCUT2D eigenvalue weighted by Gasteiger charge is -2.16. The quantitative estimate of drug-likeness (QED) is 0.809. The molecule has 1 saturated carbocycles. The van der Waals surface area contributed by atoms with Gasteiger partial charge in [0.15, 0.2) is 0 Å². The molecule has 1 amide bonds. The first-order chi connectivity index (χ1) is 7.58. The molecule has 0 aromatic heterocycles. The van der Waals surface area contributed by atoms with E-state index in [1.54, 1.807) is 19.1 Å². The molecule has 3 nitrogen and oxygen atoms in total. The highest BCUT2D eigenvalue weighted by Crippen LogP contribution is 2.25. The lowest BCUT2D eigenvalue weighted by Crippen LogP contribution is -2.34. The third-order valence-corrected chi connectivity index (χ3v) is 2.78. The number of hydrogen-bond donors (Lipinski definition) is 2. The van der Waals surface area contributed by atoms with Gasteiger partial charge in [0.25, 0.3) is 0 Å². The fourth-order valence-electron chi connectivity index (χ4n) is 1.68. The highest BCUT2D eigenvalue weighted by atomic mass is 19.1. The van der Waals surface area contributed by atoms with Gasteiger partial charge < -0.3 is 5.73 Å². The van der Waals surface area contributed by atoms with Crippen molar-refractivity contribution in [2.45, 2.75) is 31.8 Å². The molecule has 86 valence electrons. The van der Waals surface area contributed by atoms with E-state index in [-0.39, 0.29) is 5.82 Å². The van der Waals surface area contributed by atoms with Crippen molar-refractivity contribution < 1.29 is 9.18 Å². The standard InChI is InChI=1S/C12H15FN2O/c1-7-6-8(2-5-10(7)13)11(12(14)16)15-9-3-4-9/h2,5-6,9,11,15H,3-4H2,1H3,(H2,14,16). The number of hydrogen-bond acceptors (Lipinski definition) is 2. The van der Waals surface area contributed by atoms with Gasteiger partial charge in [-0.1, -0.05) is 12.1 Å². The van der Waals surface area contributed by atoms with Gasteiger partial charge in [-0.25, -0.2) is 4.39 Å². The van der Waals surface area contributed by atoms with Crippen LogP contribution >= 0.6 is 0 Å². The summed E-state index contributed by atoms with van der Waals surface area (Å²) in [7, 11) is 0. The number of nitrogens with one attached hydrogen (secondary N) is 1. The summed E-state index contributed by atoms with van der Waals surface area (Å²) in [6.45, 7) is 1.67. The predicted molar refractivity (Wildman–Crippen MR) is 59.2 cm³/mol. The predicted octanol–water partition coefficient (Wildman–Crippen LogP) is 1.41. The van der Waals surface area contributed by atoms with Gasteiger partial charge in [-0.3, -0.25) is 10.1 Å². The van der Waals surface area contributed by atoms with Crippen molar-refractivity contribution >= 4 is 5.91 Å². The van der Waals surface area contributed by atoms with Gasteiger partial charge in [0.1, 0.15) is 11.9 Å². The molecule has 3 N–H and O–H groups in total. The van der Waals surface area contributed by atoms with Crippen LogP contribution in [0.1, 0.15) is 30.0 Å². The molecule has 0 spiro atoms. The van der Waals surface area contributed by atoms with E-state index < -0.39 is 11.9 Å². The normalized spacial score (nSPS) is 17.1. The Balaban J connectivity index is 2.22. The maximum Gasteiger partial charge on any atom is 0.239 e. The number of rotatable bonds is 4. The summed E-state index contributed by atoms with van der Waals surface area (Å²) in [5, 5.41) is 3.16. The zero-order valence-corrected chi connectivity index (χ0v) is 9.16. The Morgan fingerprint density at radius 1 is 1.56 bits per heavy atom. The minimum Gasteiger partial charge on any atom is -0.368 e. The van der Waals surface area contributed by atoms with E-state index in [0.717, 1.165) is 18.4 Å². The average molecular weight is 222 g/mol. The third-order valence-electron chi connectivity index (χ3n) is 2.78. The summed E-state index contributed by atoms with van der Waals surface area (Å²) in [5.41, 5.74) is 6.60. The number of nitrogens with two attached hydrogens (primary N) is 1. The molecule has 1 aromatic rings. The van der Waals surface area contributed by atoms with Crippen molar-refractivity contribution in [3.63, 3.8) is 0 Å². The van der Waals surface area contributed by atoms with E-state index in [0.29, 0.717) is 11.6 Å². The Morgan fingerprint density at radius 2 is 2.25 bits per heavy atom. The average Bonchev–Trinajstić information content (AvgIpc) is 3.02. The summed E-state index contributed by atoms with van der Waals surface area (Å²) >= 11 is 0. The zero-order chi connectivity index (χ0) is 11.7. The Kier molecular flexibility index (Phi) is 2.92. The van der Waals surface area contributed by atoms with Crippen LogP contribution in [-0.2, 0) is 4.79 Å². The summed E-state index contributed by atoms with van der Waals surface area (Å²) in [6, 6.07) is 4.51. The summed E-state index contributed by atoms with van der Waals surface area (Å²) < 4.78 is 13.1. The van der Waals surface area contributed by atoms with Crippen molar-refractivity contribution in [2.24, 2.45) is 5.73 Å². The van der Waals surface area contributed by atoms with Crippen molar-refractivity contribution in [3.8, 4) is 0 Å². The number of primary amides is 1. The maximum atomic E-state index is 13.1. The lowest BCUT2D eigenvalue weighted by molar-refractivity contribution is -0.120. The van der Waals surface area contributed by atoms with Gasteiger partial charge in [0.2, 0.25) is 5.91 Å². The first-order valence-corrected chi connectivity index (χ1v) is 5.39. The molecular weight excluding hydrogens is 207 g/mol. The fraction of sp³-hybridized carbons (Fsp3) is 0.417. The Bertz CT molecular complexity index is 415. The van der Waals surface area contributed by atoms with Gasteiger partial charge in [0.05, 0.1) is 0 Å². The number of aryl methyl sites for hydroxylation is 1. The minimum atomic E-state index is -0.508. The van der Waals surface area contributed by atoms with E-state index in [4.69, 9.17) is 5.73 Å². The first-order valence-electron chi connectivity index (χ1n) is 5.39. The molecule has 1 aliphatic rings. The lowest BCUT2D eigenvalue weighted by atomic mass is 10.0. The molecule has 1 unspecified atom stereocenters. The van der Waals surface area contributed by atoms with Gasteiger partial charge in [0, 0.05) is 6.04 Å². The Morgan fingerprint density at radius 3 is 2.75 bits per heavy atom. The molecule has 2 rings (SSSR count). The van der Waals surface area contributed by atoms with Crippen molar-refractivity contribution in [3.05, 3.63) is 35.1 Å². The second-order valence-corrected chi connectivity index (χ2v) is 4.28. The van der Waals surface area contributed by atoms with E-state index in [1.807, 2.05) is 0 Å². The summed E-state index contributed by atoms with van der Waals surface area (Å²) in [5.74, 6) is -0.684. The van der Waals surface area contributed by atoms with Crippen LogP contribution in [-0.4, -0.2) is 11.9 Å². The van der Waals surface area contributed by atoms with E-state index in [1.165, 1.54) is 6.07 Å². The molecule has 0 saturated heterocycles. The second-order valence-electron chi connectivity index (χ2n) is 4.28. The summed E-state index contributed by atoms with van der Waals surface area (Å²) in [4.78, 5) is 11.3. The monoisotopic (exact) mass is 222 g/mol. The minimum absolute atomic E-state index is 0.265. The molecule has 1 aliphatic carbocycles. The van der Waals surface area contributed by atoms with Crippen LogP contribution in [0.4, 0.5) is 4.39 Å². The molecule has 16 heavy (non-hydrogen) atoms. The first kappa shape index (κ1) is 11.1. The van der Waals surface area contributed by atoms with Crippen LogP contribution in [0.2, 0.25) is 0 Å². The fourth-order valence-corrected chi connectivity index (χ4v) is 1.68. The maximum absolute atomic E-state index is 13.1. The van der Waals surface area contributed by atoms with Crippen molar-refractivity contribution in [2.75, 3.05) is 0 Å². The largest absolute Gasteiger partial charge is 0.368 e. The Labute approximate surface area is 93.8 Å². The topological polar surface area (TPSA) is 55.1 Å². The molecule has 4 heteroatoms. The van der Waals surface area contributed by atoms with Crippen molar-refractivity contribution in [1.29, 1.82) is 0 Å². The number of amides is 1. The van der Waals surface area contributed by atoms with Gasteiger partial charge in [-0.15, -0.1) is 0 Å². The number of carbonyl (C=O) groups is 1. The van der Waals surface area contributed by atoms with Crippen LogP contribution in [0.5, 0.6) is 0 Å². The molecule has 0 bridgehead atoms. The van der Waals surface area contributed by atoms with Crippen LogP contribution in [0.15, 0.2) is 18.2 Å². The van der Waals surface area contributed by atoms with Gasteiger partial charge in [-0.05, 0) is 37.0 Å². The molecule has 0 heterocycles. The van der Waals surface area contributed by atoms with Crippen LogP contribution in [0, 0.1) is 12.7 Å². The van der Waals surface area contributed by atoms with Gasteiger partial charge >= 0.3 is 0 Å². The molecular formula is C12H15FN2O. The molecule has 1 fully saturated rings. The molecule has 1 atom stereocenters. The molecule has 0 radical (unpaired) electrons. The highest BCUT2D eigenvalue weighted by molar-refractivity contribution is 5.81. The van der Waals surface area contributed by atoms with Crippen molar-refractivity contribution in [1.82, 2.24) is 5.32 Å². The van der Waals surface area contributed by atoms with E-state index >= 15 is 0 Å². The number of halogens is 1.